The number of aliphatic hydroxyl groups is 1. The van der Waals surface area contributed by atoms with Gasteiger partial charge in [-0.05, 0) is 18.6 Å². The Morgan fingerprint density at radius 2 is 1.48 bits per heavy atom. The number of methoxy groups -OCH3 is 3. The van der Waals surface area contributed by atoms with E-state index in [0.29, 0.717) is 23.8 Å². The Morgan fingerprint density at radius 3 is 2.04 bits per heavy atom. The lowest BCUT2D eigenvalue weighted by Gasteiger charge is -2.22. The first-order chi connectivity index (χ1) is 11.6. The molecular formula is C19H25ClNO4-. The fraction of sp³-hybridized carbons (Fsp3) is 0.368. The van der Waals surface area contributed by atoms with Gasteiger partial charge in [-0.3, -0.25) is 0 Å². The predicted molar refractivity (Wildman–Crippen MR) is 93.8 cm³/mol. The normalized spacial score (nSPS) is 12.7. The van der Waals surface area contributed by atoms with Crippen molar-refractivity contribution in [1.29, 1.82) is 0 Å². The Hall–Kier alpha value is -1.95. The van der Waals surface area contributed by atoms with Crippen molar-refractivity contribution in [3.05, 3.63) is 53.6 Å². The van der Waals surface area contributed by atoms with Gasteiger partial charge in [0.1, 0.15) is 5.75 Å². The molecule has 138 valence electrons. The van der Waals surface area contributed by atoms with E-state index in [4.69, 9.17) is 14.2 Å². The van der Waals surface area contributed by atoms with Gasteiger partial charge in [-0.2, -0.15) is 0 Å². The first-order valence-electron chi connectivity index (χ1n) is 7.86. The molecule has 2 aromatic rings. The van der Waals surface area contributed by atoms with Crippen molar-refractivity contribution in [3.8, 4) is 17.2 Å². The van der Waals surface area contributed by atoms with Gasteiger partial charge in [0, 0.05) is 24.2 Å². The van der Waals surface area contributed by atoms with Crippen molar-refractivity contribution < 1.29 is 31.7 Å². The number of benzene rings is 2. The highest BCUT2D eigenvalue weighted by Crippen LogP contribution is 2.34. The average molecular weight is 367 g/mol. The van der Waals surface area contributed by atoms with Gasteiger partial charge in [-0.15, -0.1) is 0 Å². The molecule has 2 atom stereocenters. The zero-order valence-electron chi connectivity index (χ0n) is 15.0. The van der Waals surface area contributed by atoms with Crippen molar-refractivity contribution in [3.63, 3.8) is 0 Å². The number of nitrogens with one attached hydrogen (secondary N) is 1. The highest BCUT2D eigenvalue weighted by atomic mass is 35.5. The lowest BCUT2D eigenvalue weighted by atomic mass is 10.0. The van der Waals surface area contributed by atoms with E-state index in [1.165, 1.54) is 0 Å². The maximum absolute atomic E-state index is 10.4. The van der Waals surface area contributed by atoms with E-state index in [0.717, 1.165) is 11.1 Å². The van der Waals surface area contributed by atoms with Crippen LogP contribution in [0.25, 0.3) is 0 Å². The first-order valence-corrected chi connectivity index (χ1v) is 7.86. The number of rotatable bonds is 8. The van der Waals surface area contributed by atoms with Crippen molar-refractivity contribution in [1.82, 2.24) is 5.32 Å². The molecule has 0 spiro atoms. The van der Waals surface area contributed by atoms with Crippen LogP contribution in [0.1, 0.15) is 24.2 Å². The van der Waals surface area contributed by atoms with Crippen LogP contribution in [0, 0.1) is 0 Å². The van der Waals surface area contributed by atoms with Crippen LogP contribution in [-0.2, 0) is 6.54 Å². The summed E-state index contributed by atoms with van der Waals surface area (Å²) in [5.41, 5.74) is 1.82. The van der Waals surface area contributed by atoms with Crippen LogP contribution in [-0.4, -0.2) is 32.5 Å². The predicted octanol–water partition coefficient (Wildman–Crippen LogP) is -0.0719. The summed E-state index contributed by atoms with van der Waals surface area (Å²) < 4.78 is 16.1. The van der Waals surface area contributed by atoms with Crippen molar-refractivity contribution in [2.24, 2.45) is 0 Å². The van der Waals surface area contributed by atoms with Crippen molar-refractivity contribution in [2.75, 3.05) is 21.3 Å². The molecule has 0 aliphatic heterocycles. The maximum Gasteiger partial charge on any atom is 0.164 e. The van der Waals surface area contributed by atoms with E-state index in [2.05, 4.69) is 5.32 Å². The summed E-state index contributed by atoms with van der Waals surface area (Å²) in [6.07, 6.45) is -0.586. The van der Waals surface area contributed by atoms with Gasteiger partial charge in [-0.25, -0.2) is 0 Å². The number of halogens is 1. The SMILES string of the molecule is COc1cc(OC)c(OC)cc1CNC(C)C(O)c1ccccc1.[Cl-]. The molecule has 2 unspecified atom stereocenters. The third kappa shape index (κ3) is 5.26. The Kier molecular flexibility index (Phi) is 8.55. The Balaban J connectivity index is 0.00000312. The van der Waals surface area contributed by atoms with Gasteiger partial charge < -0.3 is 37.0 Å². The summed E-state index contributed by atoms with van der Waals surface area (Å²) in [4.78, 5) is 0. The minimum Gasteiger partial charge on any atom is -1.00 e. The molecule has 0 aliphatic carbocycles. The molecule has 6 heteroatoms. The molecule has 0 bridgehead atoms. The van der Waals surface area contributed by atoms with Gasteiger partial charge in [0.05, 0.1) is 27.4 Å². The molecule has 0 aliphatic rings. The minimum atomic E-state index is -0.586. The number of hydrogen-bond acceptors (Lipinski definition) is 5. The van der Waals surface area contributed by atoms with Crippen LogP contribution < -0.4 is 31.9 Å². The molecule has 0 aromatic heterocycles. The zero-order chi connectivity index (χ0) is 17.5. The smallest absolute Gasteiger partial charge is 0.164 e. The first kappa shape index (κ1) is 21.1. The maximum atomic E-state index is 10.4. The van der Waals surface area contributed by atoms with Crippen LogP contribution >= 0.6 is 0 Å². The number of aliphatic hydroxyl groups excluding tert-OH is 1. The zero-order valence-corrected chi connectivity index (χ0v) is 15.7. The second kappa shape index (κ2) is 10.1. The van der Waals surface area contributed by atoms with E-state index >= 15 is 0 Å². The molecule has 0 fully saturated rings. The third-order valence-corrected chi connectivity index (χ3v) is 4.02. The average Bonchev–Trinajstić information content (AvgIpc) is 2.65. The quantitative estimate of drug-likeness (QED) is 0.685. The lowest BCUT2D eigenvalue weighted by molar-refractivity contribution is -0.00000726. The molecule has 0 saturated carbocycles. The summed E-state index contributed by atoms with van der Waals surface area (Å²) in [5.74, 6) is 1.98. The lowest BCUT2D eigenvalue weighted by Crippen LogP contribution is -3.00. The van der Waals surface area contributed by atoms with Crippen molar-refractivity contribution in [2.45, 2.75) is 25.6 Å². The van der Waals surface area contributed by atoms with Gasteiger partial charge in [0.15, 0.2) is 11.5 Å². The molecular weight excluding hydrogens is 342 g/mol. The van der Waals surface area contributed by atoms with E-state index in [1.54, 1.807) is 27.4 Å². The molecule has 0 radical (unpaired) electrons. The monoisotopic (exact) mass is 366 g/mol. The Labute approximate surface area is 155 Å². The van der Waals surface area contributed by atoms with Crippen LogP contribution in [0.15, 0.2) is 42.5 Å². The van der Waals surface area contributed by atoms with E-state index in [-0.39, 0.29) is 18.4 Å². The van der Waals surface area contributed by atoms with E-state index < -0.39 is 6.10 Å². The molecule has 5 nitrogen and oxygen atoms in total. The molecule has 2 aromatic carbocycles. The summed E-state index contributed by atoms with van der Waals surface area (Å²) in [6, 6.07) is 13.2. The topological polar surface area (TPSA) is 60.0 Å². The molecule has 0 amide bonds. The van der Waals surface area contributed by atoms with E-state index in [9.17, 15) is 5.11 Å². The second-order valence-corrected chi connectivity index (χ2v) is 5.54. The molecule has 2 N–H and O–H groups in total. The summed E-state index contributed by atoms with van der Waals surface area (Å²) >= 11 is 0. The van der Waals surface area contributed by atoms with Crippen LogP contribution in [0.4, 0.5) is 0 Å². The van der Waals surface area contributed by atoms with Crippen molar-refractivity contribution >= 4 is 0 Å². The fourth-order valence-corrected chi connectivity index (χ4v) is 2.55. The number of ether oxygens (including phenoxy) is 3. The summed E-state index contributed by atoms with van der Waals surface area (Å²) in [7, 11) is 4.81. The van der Waals surface area contributed by atoms with E-state index in [1.807, 2.05) is 43.3 Å². The molecule has 25 heavy (non-hydrogen) atoms. The fourth-order valence-electron chi connectivity index (χ4n) is 2.55. The molecule has 0 saturated heterocycles. The van der Waals surface area contributed by atoms with Gasteiger partial charge >= 0.3 is 0 Å². The van der Waals surface area contributed by atoms with Gasteiger partial charge in [0.25, 0.3) is 0 Å². The Morgan fingerprint density at radius 1 is 0.920 bits per heavy atom. The largest absolute Gasteiger partial charge is 1.00 e. The highest BCUT2D eigenvalue weighted by molar-refractivity contribution is 5.50. The molecule has 0 heterocycles. The highest BCUT2D eigenvalue weighted by Gasteiger charge is 2.17. The number of hydrogen-bond donors (Lipinski definition) is 2. The standard InChI is InChI=1S/C19H25NO4.ClH/c1-13(19(21)14-8-6-5-7-9-14)20-12-15-10-17(23-3)18(24-4)11-16(15)22-2;/h5-11,13,19-21H,12H2,1-4H3;1H/p-1. The van der Waals surface area contributed by atoms with Crippen LogP contribution in [0.2, 0.25) is 0 Å². The third-order valence-electron chi connectivity index (χ3n) is 4.02. The van der Waals surface area contributed by atoms with Gasteiger partial charge in [0.2, 0.25) is 0 Å². The second-order valence-electron chi connectivity index (χ2n) is 5.54. The van der Waals surface area contributed by atoms with Crippen LogP contribution in [0.5, 0.6) is 17.2 Å². The Bertz CT molecular complexity index is 651. The van der Waals surface area contributed by atoms with Gasteiger partial charge in [-0.1, -0.05) is 30.3 Å². The minimum absolute atomic E-state index is 0. The molecule has 2 rings (SSSR count). The summed E-state index contributed by atoms with van der Waals surface area (Å²) in [5, 5.41) is 13.8. The van der Waals surface area contributed by atoms with Crippen LogP contribution in [0.3, 0.4) is 0 Å². The summed E-state index contributed by atoms with van der Waals surface area (Å²) in [6.45, 7) is 2.49.